The van der Waals surface area contributed by atoms with Gasteiger partial charge in [-0.05, 0) is 19.1 Å². The van der Waals surface area contributed by atoms with Gasteiger partial charge in [-0.25, -0.2) is 0 Å². The monoisotopic (exact) mass is 233 g/mol. The van der Waals surface area contributed by atoms with E-state index < -0.39 is 0 Å². The van der Waals surface area contributed by atoms with E-state index in [4.69, 9.17) is 0 Å². The third kappa shape index (κ3) is 2.61. The number of carbonyl (C=O) groups is 2. The van der Waals surface area contributed by atoms with E-state index in [0.717, 1.165) is 5.69 Å². The molecule has 5 nitrogen and oxygen atoms in total. The number of aromatic nitrogens is 1. The van der Waals surface area contributed by atoms with E-state index in [-0.39, 0.29) is 24.3 Å². The van der Waals surface area contributed by atoms with Crippen molar-refractivity contribution in [1.82, 2.24) is 15.2 Å². The predicted molar refractivity (Wildman–Crippen MR) is 62.1 cm³/mol. The van der Waals surface area contributed by atoms with Crippen LogP contribution in [-0.4, -0.2) is 40.8 Å². The van der Waals surface area contributed by atoms with E-state index in [1.54, 1.807) is 18.0 Å². The van der Waals surface area contributed by atoms with Gasteiger partial charge in [0.1, 0.15) is 6.04 Å². The van der Waals surface area contributed by atoms with Crippen LogP contribution < -0.4 is 5.32 Å². The molecule has 1 aromatic heterocycles. The number of hydrogen-bond acceptors (Lipinski definition) is 3. The lowest BCUT2D eigenvalue weighted by atomic mass is 10.1. The second kappa shape index (κ2) is 4.95. The zero-order valence-corrected chi connectivity index (χ0v) is 9.72. The van der Waals surface area contributed by atoms with Crippen LogP contribution in [0.1, 0.15) is 12.6 Å². The van der Waals surface area contributed by atoms with Gasteiger partial charge in [0.15, 0.2) is 0 Å². The van der Waals surface area contributed by atoms with Gasteiger partial charge in [0, 0.05) is 25.0 Å². The summed E-state index contributed by atoms with van der Waals surface area (Å²) >= 11 is 0. The molecular weight excluding hydrogens is 218 g/mol. The summed E-state index contributed by atoms with van der Waals surface area (Å²) in [5, 5.41) is 2.73. The molecule has 2 rings (SSSR count). The Morgan fingerprint density at radius 3 is 3.12 bits per heavy atom. The fourth-order valence-electron chi connectivity index (χ4n) is 1.88. The summed E-state index contributed by atoms with van der Waals surface area (Å²) in [4.78, 5) is 29.2. The molecule has 17 heavy (non-hydrogen) atoms. The van der Waals surface area contributed by atoms with Crippen molar-refractivity contribution in [2.75, 3.05) is 13.1 Å². The molecule has 5 heteroatoms. The van der Waals surface area contributed by atoms with Gasteiger partial charge in [-0.2, -0.15) is 0 Å². The molecule has 2 heterocycles. The summed E-state index contributed by atoms with van der Waals surface area (Å²) in [6, 6.07) is 5.08. The third-order valence-electron chi connectivity index (χ3n) is 2.88. The Morgan fingerprint density at radius 1 is 1.59 bits per heavy atom. The molecule has 1 aliphatic heterocycles. The molecule has 1 aromatic rings. The number of pyridine rings is 1. The number of amides is 2. The summed E-state index contributed by atoms with van der Waals surface area (Å²) in [6.07, 6.45) is 1.91. The zero-order chi connectivity index (χ0) is 12.3. The second-order valence-corrected chi connectivity index (χ2v) is 4.05. The molecule has 0 spiro atoms. The Kier molecular flexibility index (Phi) is 3.37. The van der Waals surface area contributed by atoms with Crippen molar-refractivity contribution >= 4 is 11.8 Å². The molecule has 0 saturated carbocycles. The molecule has 1 fully saturated rings. The van der Waals surface area contributed by atoms with Crippen molar-refractivity contribution in [2.24, 2.45) is 0 Å². The van der Waals surface area contributed by atoms with Gasteiger partial charge in [-0.1, -0.05) is 6.07 Å². The average Bonchev–Trinajstić information content (AvgIpc) is 2.34. The number of carbonyl (C=O) groups excluding carboxylic acids is 2. The van der Waals surface area contributed by atoms with Crippen LogP contribution in [0, 0.1) is 0 Å². The minimum Gasteiger partial charge on any atom is -0.353 e. The maximum Gasteiger partial charge on any atom is 0.242 e. The largest absolute Gasteiger partial charge is 0.353 e. The van der Waals surface area contributed by atoms with Crippen molar-refractivity contribution in [1.29, 1.82) is 0 Å². The van der Waals surface area contributed by atoms with Crippen molar-refractivity contribution in [2.45, 2.75) is 19.4 Å². The van der Waals surface area contributed by atoms with Crippen LogP contribution in [0.4, 0.5) is 0 Å². The number of hydrogen-bond donors (Lipinski definition) is 1. The molecule has 0 bridgehead atoms. The van der Waals surface area contributed by atoms with Crippen LogP contribution in [-0.2, 0) is 16.0 Å². The van der Waals surface area contributed by atoms with Crippen molar-refractivity contribution in [3.05, 3.63) is 30.1 Å². The van der Waals surface area contributed by atoms with E-state index in [9.17, 15) is 9.59 Å². The summed E-state index contributed by atoms with van der Waals surface area (Å²) < 4.78 is 0. The van der Waals surface area contributed by atoms with Crippen LogP contribution in [0.2, 0.25) is 0 Å². The lowest BCUT2D eigenvalue weighted by Gasteiger charge is -2.32. The minimum atomic E-state index is -0.389. The highest BCUT2D eigenvalue weighted by Gasteiger charge is 2.29. The number of rotatable bonds is 2. The Balaban J connectivity index is 2.02. The Hall–Kier alpha value is -1.91. The first-order chi connectivity index (χ1) is 8.18. The minimum absolute atomic E-state index is 0.0500. The second-order valence-electron chi connectivity index (χ2n) is 4.05. The van der Waals surface area contributed by atoms with Gasteiger partial charge in [-0.15, -0.1) is 0 Å². The first-order valence-corrected chi connectivity index (χ1v) is 5.65. The maximum absolute atomic E-state index is 12.0. The van der Waals surface area contributed by atoms with Crippen LogP contribution in [0.25, 0.3) is 0 Å². The van der Waals surface area contributed by atoms with Crippen LogP contribution in [0.5, 0.6) is 0 Å². The van der Waals surface area contributed by atoms with Gasteiger partial charge in [0.05, 0.1) is 6.42 Å². The molecule has 90 valence electrons. The van der Waals surface area contributed by atoms with Gasteiger partial charge >= 0.3 is 0 Å². The lowest BCUT2D eigenvalue weighted by molar-refractivity contribution is -0.142. The van der Waals surface area contributed by atoms with Gasteiger partial charge < -0.3 is 10.2 Å². The molecule has 1 atom stereocenters. The summed E-state index contributed by atoms with van der Waals surface area (Å²) in [5.74, 6) is -0.142. The van der Waals surface area contributed by atoms with Gasteiger partial charge in [0.2, 0.25) is 11.8 Å². The average molecular weight is 233 g/mol. The quantitative estimate of drug-likeness (QED) is 0.780. The standard InChI is InChI=1S/C12H15N3O2/c1-9-12(17)14-6-7-15(9)11(16)8-10-4-2-3-5-13-10/h2-5,9H,6-8H2,1H3,(H,14,17). The maximum atomic E-state index is 12.0. The summed E-state index contributed by atoms with van der Waals surface area (Å²) in [5.41, 5.74) is 0.732. The summed E-state index contributed by atoms with van der Waals surface area (Å²) in [7, 11) is 0. The van der Waals surface area contributed by atoms with Gasteiger partial charge in [-0.3, -0.25) is 14.6 Å². The summed E-state index contributed by atoms with van der Waals surface area (Å²) in [6.45, 7) is 2.83. The molecule has 0 radical (unpaired) electrons. The van der Waals surface area contributed by atoms with Gasteiger partial charge in [0.25, 0.3) is 0 Å². The van der Waals surface area contributed by atoms with Crippen molar-refractivity contribution in [3.8, 4) is 0 Å². The fraction of sp³-hybridized carbons (Fsp3) is 0.417. The molecule has 0 aliphatic carbocycles. The van der Waals surface area contributed by atoms with Crippen molar-refractivity contribution < 1.29 is 9.59 Å². The Bertz CT molecular complexity index is 419. The van der Waals surface area contributed by atoms with Crippen LogP contribution in [0.15, 0.2) is 24.4 Å². The van der Waals surface area contributed by atoms with E-state index >= 15 is 0 Å². The van der Waals surface area contributed by atoms with E-state index in [0.29, 0.717) is 13.1 Å². The molecule has 2 amide bonds. The number of piperazine rings is 1. The highest BCUT2D eigenvalue weighted by molar-refractivity contribution is 5.89. The molecule has 1 aliphatic rings. The number of nitrogens with zero attached hydrogens (tertiary/aromatic N) is 2. The van der Waals surface area contributed by atoms with E-state index in [1.807, 2.05) is 18.2 Å². The Morgan fingerprint density at radius 2 is 2.41 bits per heavy atom. The lowest BCUT2D eigenvalue weighted by Crippen LogP contribution is -2.56. The van der Waals surface area contributed by atoms with Crippen molar-refractivity contribution in [3.63, 3.8) is 0 Å². The fourth-order valence-corrected chi connectivity index (χ4v) is 1.88. The number of nitrogens with one attached hydrogen (secondary N) is 1. The first-order valence-electron chi connectivity index (χ1n) is 5.65. The third-order valence-corrected chi connectivity index (χ3v) is 2.88. The highest BCUT2D eigenvalue weighted by atomic mass is 16.2. The van der Waals surface area contributed by atoms with Crippen LogP contribution in [0.3, 0.4) is 0 Å². The van der Waals surface area contributed by atoms with E-state index in [2.05, 4.69) is 10.3 Å². The highest BCUT2D eigenvalue weighted by Crippen LogP contribution is 2.07. The molecule has 0 aromatic carbocycles. The molecule has 1 saturated heterocycles. The molecular formula is C12H15N3O2. The smallest absolute Gasteiger partial charge is 0.242 e. The first kappa shape index (κ1) is 11.6. The topological polar surface area (TPSA) is 62.3 Å². The Labute approximate surface area is 99.8 Å². The zero-order valence-electron chi connectivity index (χ0n) is 9.72. The predicted octanol–water partition coefficient (Wildman–Crippen LogP) is -0.0290. The normalized spacial score (nSPS) is 19.9. The molecule has 1 N–H and O–H groups in total. The van der Waals surface area contributed by atoms with E-state index in [1.165, 1.54) is 0 Å². The molecule has 1 unspecified atom stereocenters. The van der Waals surface area contributed by atoms with Crippen LogP contribution >= 0.6 is 0 Å². The SMILES string of the molecule is CC1C(=O)NCCN1C(=O)Cc1ccccn1.